The second-order valence-electron chi connectivity index (χ2n) is 6.49. The third-order valence-corrected chi connectivity index (χ3v) is 5.88. The minimum atomic E-state index is 0.245. The maximum Gasteiger partial charge on any atom is 0.119 e. The number of methoxy groups -OCH3 is 1. The molecule has 0 saturated heterocycles. The lowest BCUT2D eigenvalue weighted by Gasteiger charge is -2.55. The molecule has 0 N–H and O–H groups in total. The summed E-state index contributed by atoms with van der Waals surface area (Å²) < 4.78 is 11.4. The lowest BCUT2D eigenvalue weighted by atomic mass is 9.58. The van der Waals surface area contributed by atoms with Gasteiger partial charge in [0.05, 0.1) is 6.61 Å². The van der Waals surface area contributed by atoms with Crippen molar-refractivity contribution >= 4 is 11.6 Å². The molecule has 0 heterocycles. The van der Waals surface area contributed by atoms with E-state index in [0.29, 0.717) is 11.5 Å². The van der Waals surface area contributed by atoms with Gasteiger partial charge in [-0.1, -0.05) is 31.4 Å². The normalized spacial score (nSPS) is 27.3. The number of halogens is 1. The van der Waals surface area contributed by atoms with Crippen molar-refractivity contribution in [2.45, 2.75) is 56.4 Å². The average Bonchev–Trinajstić information content (AvgIpc) is 2.54. The quantitative estimate of drug-likeness (QED) is 0.741. The summed E-state index contributed by atoms with van der Waals surface area (Å²) in [6, 6.07) is 8.45. The van der Waals surface area contributed by atoms with Crippen LogP contribution in [0.5, 0.6) is 5.75 Å². The summed E-state index contributed by atoms with van der Waals surface area (Å²) in [5, 5.41) is 0.309. The average molecular weight is 309 g/mol. The molecule has 0 aromatic heterocycles. The van der Waals surface area contributed by atoms with Gasteiger partial charge in [-0.3, -0.25) is 0 Å². The van der Waals surface area contributed by atoms with Gasteiger partial charge in [-0.2, -0.15) is 0 Å². The zero-order valence-corrected chi connectivity index (χ0v) is 13.6. The van der Waals surface area contributed by atoms with Crippen LogP contribution in [0.15, 0.2) is 24.3 Å². The van der Waals surface area contributed by atoms with Gasteiger partial charge < -0.3 is 9.47 Å². The number of benzene rings is 1. The number of hydrogen-bond donors (Lipinski definition) is 0. The molecule has 3 rings (SSSR count). The number of hydrogen-bond acceptors (Lipinski definition) is 2. The van der Waals surface area contributed by atoms with Crippen LogP contribution in [0.3, 0.4) is 0 Å². The Labute approximate surface area is 132 Å². The molecule has 1 spiro atoms. The highest BCUT2D eigenvalue weighted by Gasteiger charge is 2.55. The molecular formula is C18H25ClO2. The summed E-state index contributed by atoms with van der Waals surface area (Å²) >= 11 is 6.53. The van der Waals surface area contributed by atoms with Crippen LogP contribution >= 0.6 is 11.6 Å². The zero-order chi connectivity index (χ0) is 14.7. The summed E-state index contributed by atoms with van der Waals surface area (Å²) in [6.45, 7) is 0.764. The van der Waals surface area contributed by atoms with Crippen LogP contribution in [0.25, 0.3) is 0 Å². The lowest BCUT2D eigenvalue weighted by molar-refractivity contribution is -0.0650. The van der Waals surface area contributed by atoms with Crippen LogP contribution in [-0.4, -0.2) is 25.2 Å². The zero-order valence-electron chi connectivity index (χ0n) is 12.8. The maximum atomic E-state index is 6.53. The molecule has 0 aliphatic heterocycles. The van der Waals surface area contributed by atoms with Crippen molar-refractivity contribution in [3.05, 3.63) is 29.8 Å². The Morgan fingerprint density at radius 2 is 1.86 bits per heavy atom. The first kappa shape index (κ1) is 15.2. The SMILES string of the molecule is COCCc1ccc(OC2CC(Cl)C23CCCCC3)cc1. The first-order valence-corrected chi connectivity index (χ1v) is 8.57. The summed E-state index contributed by atoms with van der Waals surface area (Å²) in [5.74, 6) is 0.981. The predicted molar refractivity (Wildman–Crippen MR) is 86.2 cm³/mol. The van der Waals surface area contributed by atoms with Crippen molar-refractivity contribution in [1.82, 2.24) is 0 Å². The van der Waals surface area contributed by atoms with E-state index in [1.165, 1.54) is 37.7 Å². The third-order valence-electron chi connectivity index (χ3n) is 5.27. The van der Waals surface area contributed by atoms with Gasteiger partial charge in [-0.15, -0.1) is 11.6 Å². The largest absolute Gasteiger partial charge is 0.490 e. The standard InChI is InChI=1S/C18H25ClO2/c1-20-12-9-14-5-7-15(8-6-14)21-17-13-16(19)18(17)10-3-2-4-11-18/h5-8,16-17H,2-4,9-13H2,1H3. The summed E-state index contributed by atoms with van der Waals surface area (Å²) in [4.78, 5) is 0. The molecule has 2 atom stereocenters. The van der Waals surface area contributed by atoms with Crippen LogP contribution in [0, 0.1) is 5.41 Å². The molecule has 2 nitrogen and oxygen atoms in total. The monoisotopic (exact) mass is 308 g/mol. The fraction of sp³-hybridized carbons (Fsp3) is 0.667. The fourth-order valence-electron chi connectivity index (χ4n) is 3.83. The fourth-order valence-corrected chi connectivity index (χ4v) is 4.35. The van der Waals surface area contributed by atoms with Crippen LogP contribution < -0.4 is 4.74 Å². The predicted octanol–water partition coefficient (Wildman–Crippen LogP) is 4.58. The molecule has 2 aliphatic rings. The topological polar surface area (TPSA) is 18.5 Å². The summed E-state index contributed by atoms with van der Waals surface area (Å²) in [6.07, 6.45) is 8.69. The van der Waals surface area contributed by atoms with Crippen molar-refractivity contribution in [3.8, 4) is 5.75 Å². The lowest BCUT2D eigenvalue weighted by Crippen LogP contribution is -2.58. The maximum absolute atomic E-state index is 6.53. The molecule has 116 valence electrons. The molecule has 0 bridgehead atoms. The Morgan fingerprint density at radius 3 is 2.48 bits per heavy atom. The Bertz CT molecular complexity index is 451. The third kappa shape index (κ3) is 3.07. The van der Waals surface area contributed by atoms with Gasteiger partial charge in [-0.25, -0.2) is 0 Å². The van der Waals surface area contributed by atoms with E-state index in [2.05, 4.69) is 24.3 Å². The molecule has 0 radical (unpaired) electrons. The van der Waals surface area contributed by atoms with E-state index in [4.69, 9.17) is 21.1 Å². The second kappa shape index (κ2) is 6.58. The van der Waals surface area contributed by atoms with Gasteiger partial charge >= 0.3 is 0 Å². The molecule has 21 heavy (non-hydrogen) atoms. The first-order chi connectivity index (χ1) is 10.2. The van der Waals surface area contributed by atoms with Gasteiger partial charge in [0.2, 0.25) is 0 Å². The molecular weight excluding hydrogens is 284 g/mol. The van der Waals surface area contributed by atoms with Crippen molar-refractivity contribution in [3.63, 3.8) is 0 Å². The highest BCUT2D eigenvalue weighted by Crippen LogP contribution is 2.55. The van der Waals surface area contributed by atoms with Crippen LogP contribution in [0.2, 0.25) is 0 Å². The Balaban J connectivity index is 1.61. The molecule has 2 saturated carbocycles. The molecule has 3 heteroatoms. The van der Waals surface area contributed by atoms with Crippen LogP contribution in [0.4, 0.5) is 0 Å². The summed E-state index contributed by atoms with van der Waals surface area (Å²) in [5.41, 5.74) is 1.54. The van der Waals surface area contributed by atoms with E-state index >= 15 is 0 Å². The second-order valence-corrected chi connectivity index (χ2v) is 7.02. The minimum Gasteiger partial charge on any atom is -0.490 e. The Hall–Kier alpha value is -0.730. The molecule has 2 fully saturated rings. The van der Waals surface area contributed by atoms with E-state index in [1.54, 1.807) is 7.11 Å². The van der Waals surface area contributed by atoms with E-state index in [9.17, 15) is 0 Å². The van der Waals surface area contributed by atoms with Gasteiger partial charge in [0.25, 0.3) is 0 Å². The van der Waals surface area contributed by atoms with Crippen LogP contribution in [0.1, 0.15) is 44.1 Å². The van der Waals surface area contributed by atoms with Crippen LogP contribution in [-0.2, 0) is 11.2 Å². The number of ether oxygens (including phenoxy) is 2. The number of rotatable bonds is 5. The van der Waals surface area contributed by atoms with Gasteiger partial charge in [0, 0.05) is 24.3 Å². The van der Waals surface area contributed by atoms with Gasteiger partial charge in [0.1, 0.15) is 11.9 Å². The van der Waals surface area contributed by atoms with Gasteiger partial charge in [0.15, 0.2) is 0 Å². The summed E-state index contributed by atoms with van der Waals surface area (Å²) in [7, 11) is 1.74. The van der Waals surface area contributed by atoms with Crippen molar-refractivity contribution < 1.29 is 9.47 Å². The van der Waals surface area contributed by atoms with Gasteiger partial charge in [-0.05, 0) is 37.0 Å². The smallest absolute Gasteiger partial charge is 0.119 e. The van der Waals surface area contributed by atoms with Crippen molar-refractivity contribution in [2.75, 3.05) is 13.7 Å². The van der Waals surface area contributed by atoms with E-state index in [-0.39, 0.29) is 5.41 Å². The molecule has 1 aromatic rings. The molecule has 2 aliphatic carbocycles. The molecule has 2 unspecified atom stereocenters. The van der Waals surface area contributed by atoms with Crippen molar-refractivity contribution in [2.24, 2.45) is 5.41 Å². The highest BCUT2D eigenvalue weighted by atomic mass is 35.5. The van der Waals surface area contributed by atoms with E-state index in [1.807, 2.05) is 0 Å². The highest BCUT2D eigenvalue weighted by molar-refractivity contribution is 6.21. The first-order valence-electron chi connectivity index (χ1n) is 8.13. The molecule has 0 amide bonds. The molecule has 1 aromatic carbocycles. The van der Waals surface area contributed by atoms with E-state index < -0.39 is 0 Å². The Morgan fingerprint density at radius 1 is 1.14 bits per heavy atom. The number of alkyl halides is 1. The van der Waals surface area contributed by atoms with Crippen molar-refractivity contribution in [1.29, 1.82) is 0 Å². The minimum absolute atomic E-state index is 0.245. The van der Waals surface area contributed by atoms with E-state index in [0.717, 1.165) is 25.2 Å². The Kier molecular flexibility index (Phi) is 4.75.